The number of hydrogen-bond acceptors (Lipinski definition) is 16. The molecule has 3 aromatic rings. The van der Waals surface area contributed by atoms with E-state index in [0.717, 1.165) is 154 Å². The molecule has 0 saturated carbocycles. The summed E-state index contributed by atoms with van der Waals surface area (Å²) in [4.78, 5) is 114. The second-order valence-electron chi connectivity index (χ2n) is 34.8. The number of ether oxygens (including phenoxy) is 8. The third-order valence-corrected chi connectivity index (χ3v) is 24.4. The number of carbonyl (C=O) groups excluding carboxylic acids is 8. The molecule has 8 aliphatic rings. The van der Waals surface area contributed by atoms with Crippen LogP contribution >= 0.6 is 0 Å². The SMILES string of the molecule is CCCCCCOC(=O)c1cc(C(=O)OCCCCCC)c2ccc(C#CC(C#Cc3ccc4c(C(=O)OCCCCCC)cc(C(=O)OCCCCCC)c-4cc3)=c3c4ccccc4c(=C(C#Cc4ccc5c(C(=O)OCCCCCC)cc(C(=O)OCCCCCC)c-5cc4)C#Cc4ccc5c(C(=O)OCCCCCC)cc(C(=O)OCCCCCC)c-5cc4)c4ccccc34)ccc1-2. The molecule has 0 heterocycles. The van der Waals surface area contributed by atoms with Crippen LogP contribution in [-0.2, 0) is 37.9 Å². The van der Waals surface area contributed by atoms with Gasteiger partial charge in [-0.05, 0) is 190 Å². The summed E-state index contributed by atoms with van der Waals surface area (Å²) in [6.07, 6.45) is 28.9. The van der Waals surface area contributed by atoms with Gasteiger partial charge in [0, 0.05) is 32.7 Å². The Hall–Kier alpha value is -13.3. The van der Waals surface area contributed by atoms with Gasteiger partial charge >= 0.3 is 47.8 Å². The molecule has 16 nitrogen and oxygen atoms in total. The lowest BCUT2D eigenvalue weighted by Crippen LogP contribution is -2.18. The zero-order valence-electron chi connectivity index (χ0n) is 81.0. The predicted octanol–water partition coefficient (Wildman–Crippen LogP) is 26.8. The van der Waals surface area contributed by atoms with Crippen LogP contribution in [0.3, 0.4) is 0 Å². The lowest BCUT2D eigenvalue weighted by Gasteiger charge is -2.09. The quantitative estimate of drug-likeness (QED) is 0.0114. The molecule has 16 heteroatoms. The fraction of sp³-hybridized carbons (Fsp3) is 0.400. The highest BCUT2D eigenvalue weighted by atomic mass is 16.6. The molecule has 0 bridgehead atoms. The van der Waals surface area contributed by atoms with E-state index in [-0.39, 0.29) is 97.4 Å². The molecule has 708 valence electrons. The number of benzene rings is 3. The molecule has 0 amide bonds. The van der Waals surface area contributed by atoms with Crippen molar-refractivity contribution in [3.8, 4) is 91.9 Å². The van der Waals surface area contributed by atoms with Crippen LogP contribution in [0.4, 0.5) is 0 Å². The maximum atomic E-state index is 14.2. The first kappa shape index (κ1) is 103. The maximum absolute atomic E-state index is 14.2. The van der Waals surface area contributed by atoms with Crippen molar-refractivity contribution in [2.24, 2.45) is 0 Å². The minimum atomic E-state index is -0.556. The standard InChI is InChI=1S/C120H132O16/c1-9-17-25-37-73-129-113(121)103-81-104(114(122)130-74-38-26-18-10-2)92-66-54-85(53-65-91(92)103)49-61-89(62-50-86-55-67-93-94(68-56-86)106(116(124)132-76-40-28-20-12-4)82-105(93)115(123)131-75-39-27-19-11-3)111-99-45-33-35-47-101(99)112(102-48-36-34-46-100(102)111)90(63-51-87-57-69-95-96(70-58-87)108(118(126)134-78-42-30-22-14-6)83-107(95)117(125)133-77-41-29-21-13-5)64-52-88-59-71-97-98(72-60-88)110(120(128)136-80-44-32-24-16-8)84-109(97)119(127)135-79-43-31-23-15-7/h33-36,45-48,53-60,65-72,81-84H,9-32,37-44,73-80H2,1-8H3. The number of unbranched alkanes of at least 4 members (excludes halogenated alkanes) is 24. The summed E-state index contributed by atoms with van der Waals surface area (Å²) in [5, 5.41) is 4.11. The third kappa shape index (κ3) is 28.9. The van der Waals surface area contributed by atoms with Crippen LogP contribution in [0.2, 0.25) is 0 Å². The smallest absolute Gasteiger partial charge is 0.338 e. The van der Waals surface area contributed by atoms with E-state index in [1.807, 2.05) is 97.1 Å². The van der Waals surface area contributed by atoms with Crippen LogP contribution in [0.5, 0.6) is 0 Å². The monoisotopic (exact) mass is 1830 g/mol. The first-order valence-corrected chi connectivity index (χ1v) is 50.0. The Bertz CT molecular complexity index is 5240. The highest BCUT2D eigenvalue weighted by Gasteiger charge is 2.31. The summed E-state index contributed by atoms with van der Waals surface area (Å²) in [5.41, 5.74) is 8.49. The van der Waals surface area contributed by atoms with Crippen LogP contribution in [0.1, 0.15) is 366 Å². The van der Waals surface area contributed by atoms with Gasteiger partial charge in [0.25, 0.3) is 0 Å². The molecule has 0 aliphatic heterocycles. The average molecular weight is 1830 g/mol. The number of fused-ring (bicyclic) bond motifs is 6. The minimum absolute atomic E-state index is 0.217. The molecular weight excluding hydrogens is 1700 g/mol. The van der Waals surface area contributed by atoms with Gasteiger partial charge in [-0.1, -0.05) is 354 Å². The van der Waals surface area contributed by atoms with Crippen LogP contribution in [-0.4, -0.2) is 101 Å². The largest absolute Gasteiger partial charge is 0.462 e. The van der Waals surface area contributed by atoms with Gasteiger partial charge in [-0.2, -0.15) is 0 Å². The molecule has 3 aromatic carbocycles. The number of esters is 8. The first-order valence-electron chi connectivity index (χ1n) is 50.0. The fourth-order valence-corrected chi connectivity index (χ4v) is 16.8. The molecule has 0 radical (unpaired) electrons. The van der Waals surface area contributed by atoms with E-state index in [4.69, 9.17) is 37.9 Å². The van der Waals surface area contributed by atoms with Crippen molar-refractivity contribution in [2.45, 2.75) is 261 Å². The van der Waals surface area contributed by atoms with E-state index in [0.29, 0.717) is 161 Å². The van der Waals surface area contributed by atoms with Gasteiger partial charge in [-0.25, -0.2) is 38.4 Å². The molecule has 0 atom stereocenters. The molecule has 0 N–H and O–H groups in total. The van der Waals surface area contributed by atoms with E-state index in [1.165, 1.54) is 0 Å². The van der Waals surface area contributed by atoms with Crippen molar-refractivity contribution in [1.29, 1.82) is 0 Å². The highest BCUT2D eigenvalue weighted by Crippen LogP contribution is 2.39. The molecule has 8 aliphatic carbocycles. The molecule has 11 rings (SSSR count). The highest BCUT2D eigenvalue weighted by molar-refractivity contribution is 6.13. The van der Waals surface area contributed by atoms with E-state index in [1.54, 1.807) is 72.8 Å². The summed E-state index contributed by atoms with van der Waals surface area (Å²) in [5.74, 6) is 23.8. The number of carbonyl (C=O) groups is 8. The van der Waals surface area contributed by atoms with Gasteiger partial charge in [0.1, 0.15) is 0 Å². The Labute approximate surface area is 804 Å². The zero-order valence-corrected chi connectivity index (χ0v) is 81.0. The predicted molar refractivity (Wildman–Crippen MR) is 543 cm³/mol. The van der Waals surface area contributed by atoms with Crippen LogP contribution in [0.25, 0.3) is 77.2 Å². The third-order valence-electron chi connectivity index (χ3n) is 24.4. The summed E-state index contributed by atoms with van der Waals surface area (Å²) in [6, 6.07) is 50.9. The topological polar surface area (TPSA) is 210 Å². The molecular formula is C120H132O16. The molecule has 0 aromatic heterocycles. The van der Waals surface area contributed by atoms with Crippen LogP contribution in [0.15, 0.2) is 170 Å². The van der Waals surface area contributed by atoms with Crippen LogP contribution < -0.4 is 10.4 Å². The second-order valence-corrected chi connectivity index (χ2v) is 34.8. The van der Waals surface area contributed by atoms with Crippen molar-refractivity contribution in [1.82, 2.24) is 0 Å². The van der Waals surface area contributed by atoms with Crippen molar-refractivity contribution in [3.05, 3.63) is 247 Å². The molecule has 0 spiro atoms. The summed E-state index contributed by atoms with van der Waals surface area (Å²) in [6.45, 7) is 18.7. The second kappa shape index (κ2) is 55.5. The van der Waals surface area contributed by atoms with Gasteiger partial charge in [-0.15, -0.1) is 0 Å². The lowest BCUT2D eigenvalue weighted by atomic mass is 9.93. The minimum Gasteiger partial charge on any atom is -0.462 e. The molecule has 136 heavy (non-hydrogen) atoms. The van der Waals surface area contributed by atoms with Crippen molar-refractivity contribution >= 4 is 80.4 Å². The van der Waals surface area contributed by atoms with Crippen molar-refractivity contribution < 1.29 is 76.3 Å². The first-order chi connectivity index (χ1) is 66.6. The lowest BCUT2D eigenvalue weighted by molar-refractivity contribution is 0.0482. The van der Waals surface area contributed by atoms with Gasteiger partial charge in [0.15, 0.2) is 0 Å². The van der Waals surface area contributed by atoms with Crippen molar-refractivity contribution in [3.63, 3.8) is 0 Å². The van der Waals surface area contributed by atoms with Gasteiger partial charge in [-0.3, -0.25) is 0 Å². The van der Waals surface area contributed by atoms with Gasteiger partial charge in [0.05, 0.1) is 109 Å². The summed E-state index contributed by atoms with van der Waals surface area (Å²) in [7, 11) is 0. The Kier molecular flexibility index (Phi) is 42.2. The summed E-state index contributed by atoms with van der Waals surface area (Å²) < 4.78 is 47.3. The van der Waals surface area contributed by atoms with E-state index in [9.17, 15) is 38.4 Å². The average Bonchev–Trinajstić information content (AvgIpc) is 0.956. The van der Waals surface area contributed by atoms with E-state index < -0.39 is 47.8 Å². The summed E-state index contributed by atoms with van der Waals surface area (Å²) >= 11 is 0. The van der Waals surface area contributed by atoms with Gasteiger partial charge < -0.3 is 37.9 Å². The number of rotatable bonds is 48. The zero-order chi connectivity index (χ0) is 96.2. The Morgan fingerprint density at radius 1 is 0.191 bits per heavy atom. The fourth-order valence-electron chi connectivity index (χ4n) is 16.8. The maximum Gasteiger partial charge on any atom is 0.338 e. The molecule has 0 saturated heterocycles. The normalized spacial score (nSPS) is 10.9. The Morgan fingerprint density at radius 2 is 0.338 bits per heavy atom. The van der Waals surface area contributed by atoms with E-state index >= 15 is 0 Å². The Morgan fingerprint density at radius 3 is 0.478 bits per heavy atom. The van der Waals surface area contributed by atoms with Gasteiger partial charge in [0.2, 0.25) is 0 Å². The number of hydrogen-bond donors (Lipinski definition) is 0. The molecule has 0 unspecified atom stereocenters. The van der Waals surface area contributed by atoms with Crippen LogP contribution in [0, 0.1) is 47.4 Å². The molecule has 0 fully saturated rings. The Balaban J connectivity index is 1.18. The van der Waals surface area contributed by atoms with Crippen molar-refractivity contribution in [2.75, 3.05) is 52.9 Å². The van der Waals surface area contributed by atoms with E-state index in [2.05, 4.69) is 103 Å².